The summed E-state index contributed by atoms with van der Waals surface area (Å²) in [6.45, 7) is 3.56. The summed E-state index contributed by atoms with van der Waals surface area (Å²) in [6.07, 6.45) is 2.10. The fourth-order valence-electron chi connectivity index (χ4n) is 4.18. The first kappa shape index (κ1) is 19.8. The molecule has 0 spiro atoms. The smallest absolute Gasteiger partial charge is 0.294 e. The van der Waals surface area contributed by atoms with Crippen molar-refractivity contribution in [2.24, 2.45) is 0 Å². The van der Waals surface area contributed by atoms with E-state index in [-0.39, 0.29) is 23.9 Å². The summed E-state index contributed by atoms with van der Waals surface area (Å²) in [5, 5.41) is 0. The van der Waals surface area contributed by atoms with E-state index in [1.807, 2.05) is 55.5 Å². The molecule has 0 saturated heterocycles. The fraction of sp³-hybridized carbons (Fsp3) is 0.250. The highest BCUT2D eigenvalue weighted by Crippen LogP contribution is 2.42. The van der Waals surface area contributed by atoms with Crippen LogP contribution < -0.4 is 14.5 Å². The van der Waals surface area contributed by atoms with Crippen LogP contribution in [-0.2, 0) is 4.79 Å². The largest absolute Gasteiger partial charge is 0.497 e. The minimum absolute atomic E-state index is 0.0574. The Labute approximate surface area is 175 Å². The number of para-hydroxylation sites is 1. The summed E-state index contributed by atoms with van der Waals surface area (Å²) in [5.41, 5.74) is 2.52. The van der Waals surface area contributed by atoms with Crippen LogP contribution in [0.3, 0.4) is 0 Å². The highest BCUT2D eigenvalue weighted by molar-refractivity contribution is 6.06. The van der Waals surface area contributed by atoms with Crippen molar-refractivity contribution < 1.29 is 18.7 Å². The standard InChI is InChI=1S/C24H24N2O4/c1-16-15-22(26(17(2)27)18-10-12-19(29-3)13-11-18)20-7-4-5-8-21(20)25(16)24(28)23-9-6-14-30-23/h4-14,16,22H,15H2,1-3H3. The summed E-state index contributed by atoms with van der Waals surface area (Å²) < 4.78 is 10.6. The number of nitrogens with zero attached hydrogens (tertiary/aromatic N) is 2. The maximum absolute atomic E-state index is 13.1. The van der Waals surface area contributed by atoms with Gasteiger partial charge in [0.2, 0.25) is 5.91 Å². The Kier molecular flexibility index (Phi) is 5.31. The SMILES string of the molecule is COc1ccc(N(C(C)=O)C2CC(C)N(C(=O)c3ccco3)c3ccccc32)cc1. The van der Waals surface area contributed by atoms with Crippen molar-refractivity contribution in [3.05, 3.63) is 78.3 Å². The average Bonchev–Trinajstić information content (AvgIpc) is 3.29. The first-order chi connectivity index (χ1) is 14.5. The van der Waals surface area contributed by atoms with Gasteiger partial charge < -0.3 is 19.0 Å². The third kappa shape index (κ3) is 3.45. The van der Waals surface area contributed by atoms with Crippen LogP contribution in [0.25, 0.3) is 0 Å². The molecular formula is C24H24N2O4. The van der Waals surface area contributed by atoms with Crippen molar-refractivity contribution >= 4 is 23.2 Å². The third-order valence-electron chi connectivity index (χ3n) is 5.51. The molecule has 0 N–H and O–H groups in total. The average molecular weight is 404 g/mol. The van der Waals surface area contributed by atoms with E-state index >= 15 is 0 Å². The number of furan rings is 1. The molecule has 0 saturated carbocycles. The number of ether oxygens (including phenoxy) is 1. The minimum atomic E-state index is -0.192. The number of hydrogen-bond donors (Lipinski definition) is 0. The van der Waals surface area contributed by atoms with Crippen molar-refractivity contribution in [3.8, 4) is 5.75 Å². The summed E-state index contributed by atoms with van der Waals surface area (Å²) in [4.78, 5) is 29.4. The van der Waals surface area contributed by atoms with Gasteiger partial charge in [0.15, 0.2) is 5.76 Å². The van der Waals surface area contributed by atoms with Gasteiger partial charge in [0.25, 0.3) is 5.91 Å². The topological polar surface area (TPSA) is 63.0 Å². The molecule has 0 bridgehead atoms. The summed E-state index contributed by atoms with van der Waals surface area (Å²) in [6, 6.07) is 18.3. The number of carbonyl (C=O) groups is 2. The molecule has 30 heavy (non-hydrogen) atoms. The van der Waals surface area contributed by atoms with Gasteiger partial charge in [-0.15, -0.1) is 0 Å². The molecule has 4 rings (SSSR count). The molecule has 1 aliphatic rings. The Morgan fingerprint density at radius 3 is 2.43 bits per heavy atom. The predicted octanol–water partition coefficient (Wildman–Crippen LogP) is 4.82. The Balaban J connectivity index is 1.77. The zero-order valence-electron chi connectivity index (χ0n) is 17.2. The molecule has 1 aromatic heterocycles. The number of rotatable bonds is 4. The molecule has 2 atom stereocenters. The van der Waals surface area contributed by atoms with Crippen molar-refractivity contribution in [3.63, 3.8) is 0 Å². The molecule has 2 unspecified atom stereocenters. The summed E-state index contributed by atoms with van der Waals surface area (Å²) in [5.74, 6) is 0.791. The van der Waals surface area contributed by atoms with Crippen molar-refractivity contribution in [2.75, 3.05) is 16.9 Å². The van der Waals surface area contributed by atoms with Crippen LogP contribution in [0, 0.1) is 0 Å². The van der Waals surface area contributed by atoms with Crippen molar-refractivity contribution in [1.29, 1.82) is 0 Å². The number of hydrogen-bond acceptors (Lipinski definition) is 4. The predicted molar refractivity (Wildman–Crippen MR) is 115 cm³/mol. The van der Waals surface area contributed by atoms with Crippen LogP contribution in [0.5, 0.6) is 5.75 Å². The van der Waals surface area contributed by atoms with Crippen LogP contribution in [0.2, 0.25) is 0 Å². The second kappa shape index (κ2) is 8.06. The monoisotopic (exact) mass is 404 g/mol. The Hall–Kier alpha value is -3.54. The van der Waals surface area contributed by atoms with Gasteiger partial charge in [-0.3, -0.25) is 9.59 Å². The van der Waals surface area contributed by atoms with Crippen LogP contribution >= 0.6 is 0 Å². The molecule has 2 amide bonds. The number of anilines is 2. The van der Waals surface area contributed by atoms with E-state index in [0.717, 1.165) is 22.7 Å². The van der Waals surface area contributed by atoms with E-state index in [0.29, 0.717) is 12.2 Å². The van der Waals surface area contributed by atoms with E-state index in [1.165, 1.54) is 6.26 Å². The normalized spacial score (nSPS) is 17.9. The van der Waals surface area contributed by atoms with Gasteiger partial charge in [-0.05, 0) is 61.4 Å². The van der Waals surface area contributed by atoms with Gasteiger partial charge >= 0.3 is 0 Å². The molecule has 6 nitrogen and oxygen atoms in total. The van der Waals surface area contributed by atoms with E-state index < -0.39 is 0 Å². The van der Waals surface area contributed by atoms with E-state index in [1.54, 1.807) is 36.0 Å². The highest BCUT2D eigenvalue weighted by Gasteiger charge is 2.38. The summed E-state index contributed by atoms with van der Waals surface area (Å²) in [7, 11) is 1.61. The second-order valence-corrected chi connectivity index (χ2v) is 7.40. The van der Waals surface area contributed by atoms with Crippen LogP contribution in [0.15, 0.2) is 71.3 Å². The third-order valence-corrected chi connectivity index (χ3v) is 5.51. The molecule has 0 fully saturated rings. The first-order valence-electron chi connectivity index (χ1n) is 9.91. The van der Waals surface area contributed by atoms with Crippen LogP contribution in [0.4, 0.5) is 11.4 Å². The first-order valence-corrected chi connectivity index (χ1v) is 9.91. The molecule has 154 valence electrons. The van der Waals surface area contributed by atoms with Crippen molar-refractivity contribution in [2.45, 2.75) is 32.4 Å². The Morgan fingerprint density at radius 1 is 1.07 bits per heavy atom. The van der Waals surface area contributed by atoms with E-state index in [9.17, 15) is 9.59 Å². The van der Waals surface area contributed by atoms with Crippen LogP contribution in [0.1, 0.15) is 42.4 Å². The number of methoxy groups -OCH3 is 1. The van der Waals surface area contributed by atoms with Gasteiger partial charge in [0.05, 0.1) is 19.4 Å². The van der Waals surface area contributed by atoms with Gasteiger partial charge in [-0.1, -0.05) is 18.2 Å². The molecule has 2 heterocycles. The lowest BCUT2D eigenvalue weighted by atomic mass is 9.89. The van der Waals surface area contributed by atoms with E-state index in [4.69, 9.17) is 9.15 Å². The van der Waals surface area contributed by atoms with E-state index in [2.05, 4.69) is 0 Å². The molecule has 6 heteroatoms. The highest BCUT2D eigenvalue weighted by atomic mass is 16.5. The van der Waals surface area contributed by atoms with Gasteiger partial charge in [0.1, 0.15) is 5.75 Å². The summed E-state index contributed by atoms with van der Waals surface area (Å²) >= 11 is 0. The quantitative estimate of drug-likeness (QED) is 0.625. The fourth-order valence-corrected chi connectivity index (χ4v) is 4.18. The number of amides is 2. The molecule has 1 aliphatic heterocycles. The second-order valence-electron chi connectivity index (χ2n) is 7.40. The minimum Gasteiger partial charge on any atom is -0.497 e. The Morgan fingerprint density at radius 2 is 1.80 bits per heavy atom. The zero-order valence-corrected chi connectivity index (χ0v) is 17.2. The lowest BCUT2D eigenvalue weighted by Crippen LogP contribution is -2.47. The molecule has 2 aromatic carbocycles. The Bertz CT molecular complexity index is 1040. The maximum Gasteiger partial charge on any atom is 0.294 e. The van der Waals surface area contributed by atoms with Gasteiger partial charge in [0, 0.05) is 24.3 Å². The molecule has 0 radical (unpaired) electrons. The lowest BCUT2D eigenvalue weighted by molar-refractivity contribution is -0.117. The zero-order chi connectivity index (χ0) is 21.3. The number of fused-ring (bicyclic) bond motifs is 1. The van der Waals surface area contributed by atoms with Gasteiger partial charge in [-0.25, -0.2) is 0 Å². The lowest BCUT2D eigenvalue weighted by Gasteiger charge is -2.43. The number of carbonyl (C=O) groups excluding carboxylic acids is 2. The molecule has 0 aliphatic carbocycles. The molecule has 3 aromatic rings. The number of benzene rings is 2. The van der Waals surface area contributed by atoms with Gasteiger partial charge in [-0.2, -0.15) is 0 Å². The van der Waals surface area contributed by atoms with Crippen LogP contribution in [-0.4, -0.2) is 25.0 Å². The van der Waals surface area contributed by atoms with Crippen molar-refractivity contribution in [1.82, 2.24) is 0 Å². The molecular weight excluding hydrogens is 380 g/mol. The maximum atomic E-state index is 13.1.